The van der Waals surface area contributed by atoms with Gasteiger partial charge in [-0.25, -0.2) is 4.68 Å². The molecule has 0 atom stereocenters. The molecule has 0 saturated heterocycles. The van der Waals surface area contributed by atoms with Gasteiger partial charge in [0.05, 0.1) is 5.69 Å². The Morgan fingerprint density at radius 1 is 1.73 bits per heavy atom. The van der Waals surface area contributed by atoms with Crippen molar-refractivity contribution in [1.82, 2.24) is 9.78 Å². The summed E-state index contributed by atoms with van der Waals surface area (Å²) in [5.41, 5.74) is 7.23. The summed E-state index contributed by atoms with van der Waals surface area (Å²) in [5.74, 6) is 0.597. The quantitative estimate of drug-likeness (QED) is 0.646. The van der Waals surface area contributed by atoms with E-state index in [0.717, 1.165) is 12.2 Å². The number of aromatic nitrogens is 2. The summed E-state index contributed by atoms with van der Waals surface area (Å²) in [6.07, 6.45) is 0. The van der Waals surface area contributed by atoms with Crippen molar-refractivity contribution in [2.75, 3.05) is 5.73 Å². The van der Waals surface area contributed by atoms with Gasteiger partial charge >= 0.3 is 0 Å². The van der Waals surface area contributed by atoms with Crippen molar-refractivity contribution in [3.8, 4) is 0 Å². The van der Waals surface area contributed by atoms with Gasteiger partial charge in [-0.1, -0.05) is 0 Å². The highest BCUT2D eigenvalue weighted by Crippen LogP contribution is 2.24. The maximum absolute atomic E-state index is 5.69. The first-order chi connectivity index (χ1) is 5.20. The van der Waals surface area contributed by atoms with Gasteiger partial charge in [0.1, 0.15) is 11.5 Å². The minimum Gasteiger partial charge on any atom is -0.382 e. The van der Waals surface area contributed by atoms with Crippen LogP contribution in [0.1, 0.15) is 12.6 Å². The van der Waals surface area contributed by atoms with Crippen LogP contribution in [0.5, 0.6) is 0 Å². The number of anilines is 1. The highest BCUT2D eigenvalue weighted by molar-refractivity contribution is 5.64. The molecule has 1 aromatic heterocycles. The van der Waals surface area contributed by atoms with Crippen LogP contribution in [-0.4, -0.2) is 16.5 Å². The molecule has 4 nitrogen and oxygen atoms in total. The zero-order chi connectivity index (χ0) is 8.43. The number of nitrogens with zero attached hydrogens (tertiary/aromatic N) is 3. The smallest absolute Gasteiger partial charge is 0.148 e. The molecule has 0 aromatic carbocycles. The normalized spacial score (nSPS) is 10.0. The van der Waals surface area contributed by atoms with E-state index in [4.69, 9.17) is 5.73 Å². The monoisotopic (exact) mass is 152 g/mol. The summed E-state index contributed by atoms with van der Waals surface area (Å²) in [6, 6.07) is 0. The van der Waals surface area contributed by atoms with E-state index in [1.165, 1.54) is 0 Å². The molecule has 0 aliphatic carbocycles. The average Bonchev–Trinajstić information content (AvgIpc) is 2.26. The minimum atomic E-state index is 0.597. The summed E-state index contributed by atoms with van der Waals surface area (Å²) in [4.78, 5) is 3.78. The molecule has 60 valence electrons. The van der Waals surface area contributed by atoms with Crippen molar-refractivity contribution >= 4 is 18.2 Å². The summed E-state index contributed by atoms with van der Waals surface area (Å²) >= 11 is 0. The summed E-state index contributed by atoms with van der Waals surface area (Å²) in [7, 11) is 0. The lowest BCUT2D eigenvalue weighted by atomic mass is 10.4. The molecule has 0 aliphatic heterocycles. The first kappa shape index (κ1) is 7.78. The predicted octanol–water partition coefficient (Wildman–Crippen LogP) is 1.13. The third kappa shape index (κ3) is 1.11. The molecule has 1 rings (SSSR count). The Bertz CT molecular complexity index is 274. The van der Waals surface area contributed by atoms with E-state index in [-0.39, 0.29) is 0 Å². The molecule has 0 fully saturated rings. The molecule has 1 heterocycles. The summed E-state index contributed by atoms with van der Waals surface area (Å²) in [6.45, 7) is 8.03. The Labute approximate surface area is 65.7 Å². The average molecular weight is 152 g/mol. The second kappa shape index (κ2) is 2.74. The fourth-order valence-electron chi connectivity index (χ4n) is 1.03. The maximum atomic E-state index is 5.69. The van der Waals surface area contributed by atoms with Crippen molar-refractivity contribution in [2.24, 2.45) is 4.99 Å². The van der Waals surface area contributed by atoms with E-state index in [1.807, 2.05) is 13.8 Å². The molecule has 1 aromatic rings. The molecule has 0 aliphatic rings. The van der Waals surface area contributed by atoms with Crippen LogP contribution in [-0.2, 0) is 6.54 Å². The topological polar surface area (TPSA) is 56.2 Å². The van der Waals surface area contributed by atoms with Gasteiger partial charge in [0.25, 0.3) is 0 Å². The second-order valence-corrected chi connectivity index (χ2v) is 2.29. The van der Waals surface area contributed by atoms with Crippen molar-refractivity contribution in [2.45, 2.75) is 20.4 Å². The van der Waals surface area contributed by atoms with E-state index >= 15 is 0 Å². The summed E-state index contributed by atoms with van der Waals surface area (Å²) in [5, 5.41) is 4.16. The number of aliphatic imine (C=N–C) groups is 1. The van der Waals surface area contributed by atoms with Crippen LogP contribution >= 0.6 is 0 Å². The van der Waals surface area contributed by atoms with Gasteiger partial charge in [-0.05, 0) is 20.6 Å². The van der Waals surface area contributed by atoms with E-state index < -0.39 is 0 Å². The van der Waals surface area contributed by atoms with E-state index in [0.29, 0.717) is 11.5 Å². The number of hydrogen-bond acceptors (Lipinski definition) is 3. The van der Waals surface area contributed by atoms with Gasteiger partial charge in [-0.3, -0.25) is 4.99 Å². The lowest BCUT2D eigenvalue weighted by Crippen LogP contribution is -2.01. The predicted molar refractivity (Wildman–Crippen MR) is 46.3 cm³/mol. The third-order valence-electron chi connectivity index (χ3n) is 1.59. The Kier molecular flexibility index (Phi) is 1.94. The highest BCUT2D eigenvalue weighted by Gasteiger charge is 2.08. The van der Waals surface area contributed by atoms with Crippen LogP contribution in [0.3, 0.4) is 0 Å². The first-order valence-corrected chi connectivity index (χ1v) is 3.50. The number of rotatable bonds is 2. The fourth-order valence-corrected chi connectivity index (χ4v) is 1.03. The number of nitrogen functional groups attached to an aromatic ring is 1. The van der Waals surface area contributed by atoms with Gasteiger partial charge in [-0.15, -0.1) is 0 Å². The second-order valence-electron chi connectivity index (χ2n) is 2.29. The molecular formula is C7H12N4. The molecule has 4 heteroatoms. The number of nitrogens with two attached hydrogens (primary N) is 1. The van der Waals surface area contributed by atoms with Crippen LogP contribution in [0.2, 0.25) is 0 Å². The van der Waals surface area contributed by atoms with Crippen LogP contribution in [0.4, 0.5) is 11.5 Å². The van der Waals surface area contributed by atoms with Crippen LogP contribution < -0.4 is 5.73 Å². The lowest BCUT2D eigenvalue weighted by molar-refractivity contribution is 0.663. The van der Waals surface area contributed by atoms with Crippen LogP contribution in [0, 0.1) is 6.92 Å². The van der Waals surface area contributed by atoms with Gasteiger partial charge in [0, 0.05) is 6.54 Å². The van der Waals surface area contributed by atoms with Crippen molar-refractivity contribution in [1.29, 1.82) is 0 Å². The maximum Gasteiger partial charge on any atom is 0.148 e. The van der Waals surface area contributed by atoms with E-state index in [1.54, 1.807) is 4.68 Å². The Morgan fingerprint density at radius 2 is 2.36 bits per heavy atom. The van der Waals surface area contributed by atoms with Gasteiger partial charge in [0.2, 0.25) is 0 Å². The van der Waals surface area contributed by atoms with Crippen LogP contribution in [0.25, 0.3) is 0 Å². The molecule has 0 bridgehead atoms. The zero-order valence-electron chi connectivity index (χ0n) is 6.83. The highest BCUT2D eigenvalue weighted by atomic mass is 15.3. The van der Waals surface area contributed by atoms with Crippen molar-refractivity contribution in [3.05, 3.63) is 5.69 Å². The molecule has 11 heavy (non-hydrogen) atoms. The third-order valence-corrected chi connectivity index (χ3v) is 1.59. The van der Waals surface area contributed by atoms with Gasteiger partial charge < -0.3 is 5.73 Å². The van der Waals surface area contributed by atoms with Gasteiger partial charge in [-0.2, -0.15) is 5.10 Å². The number of aryl methyl sites for hydroxylation is 2. The van der Waals surface area contributed by atoms with Crippen molar-refractivity contribution in [3.63, 3.8) is 0 Å². The standard InChI is InChI=1S/C7H12N4/c1-4-11-7(8)6(9-3)5(2)10-11/h3-4,8H2,1-2H3. The largest absolute Gasteiger partial charge is 0.382 e. The SMILES string of the molecule is C=Nc1c(C)nn(CC)c1N. The molecular weight excluding hydrogens is 140 g/mol. The van der Waals surface area contributed by atoms with Crippen LogP contribution in [0.15, 0.2) is 4.99 Å². The fraction of sp³-hybridized carbons (Fsp3) is 0.429. The Morgan fingerprint density at radius 3 is 2.64 bits per heavy atom. The molecule has 0 radical (unpaired) electrons. The first-order valence-electron chi connectivity index (χ1n) is 3.50. The van der Waals surface area contributed by atoms with E-state index in [2.05, 4.69) is 16.8 Å². The molecule has 0 amide bonds. The number of hydrogen-bond donors (Lipinski definition) is 1. The zero-order valence-corrected chi connectivity index (χ0v) is 6.83. The molecule has 2 N–H and O–H groups in total. The minimum absolute atomic E-state index is 0.597. The lowest BCUT2D eigenvalue weighted by Gasteiger charge is -1.96. The Balaban J connectivity index is 3.24. The van der Waals surface area contributed by atoms with E-state index in [9.17, 15) is 0 Å². The summed E-state index contributed by atoms with van der Waals surface area (Å²) < 4.78 is 1.71. The molecule has 0 spiro atoms. The molecule has 0 unspecified atom stereocenters. The Hall–Kier alpha value is -1.32. The van der Waals surface area contributed by atoms with Crippen molar-refractivity contribution < 1.29 is 0 Å². The molecule has 0 saturated carbocycles. The van der Waals surface area contributed by atoms with Gasteiger partial charge in [0.15, 0.2) is 0 Å².